The second kappa shape index (κ2) is 7.50. The molecule has 4 heteroatoms. The first-order valence-electron chi connectivity index (χ1n) is 7.66. The van der Waals surface area contributed by atoms with Gasteiger partial charge in [0.05, 0.1) is 12.7 Å². The molecule has 3 rings (SSSR count). The molecule has 1 fully saturated rings. The van der Waals surface area contributed by atoms with Crippen LogP contribution in [0.1, 0.15) is 13.3 Å². The normalized spacial score (nSPS) is 17.0. The number of hydrogen-bond acceptors (Lipinski definition) is 3. The van der Waals surface area contributed by atoms with Crippen LogP contribution in [0, 0.1) is 17.9 Å². The van der Waals surface area contributed by atoms with Crippen molar-refractivity contribution in [3.63, 3.8) is 0 Å². The Hall–Kier alpha value is -2.02. The van der Waals surface area contributed by atoms with Gasteiger partial charge in [-0.15, -0.1) is 5.92 Å². The lowest BCUT2D eigenvalue weighted by atomic mass is 10.0. The highest BCUT2D eigenvalue weighted by Gasteiger charge is 2.27. The number of pyridine rings is 1. The first-order chi connectivity index (χ1) is 11.3. The maximum atomic E-state index is 6.04. The van der Waals surface area contributed by atoms with Gasteiger partial charge in [0.1, 0.15) is 12.4 Å². The van der Waals surface area contributed by atoms with Crippen molar-refractivity contribution in [3.05, 3.63) is 47.7 Å². The van der Waals surface area contributed by atoms with E-state index in [1.807, 2.05) is 31.2 Å². The number of nitrogens with zero attached hydrogens (tertiary/aromatic N) is 2. The maximum Gasteiger partial charge on any atom is 0.145 e. The second-order valence-electron chi connectivity index (χ2n) is 5.43. The quantitative estimate of drug-likeness (QED) is 0.784. The Morgan fingerprint density at radius 3 is 3.09 bits per heavy atom. The molecule has 117 valence electrons. The van der Waals surface area contributed by atoms with Crippen molar-refractivity contribution in [3.8, 4) is 28.7 Å². The van der Waals surface area contributed by atoms with Crippen LogP contribution >= 0.6 is 11.6 Å². The van der Waals surface area contributed by atoms with Crippen LogP contribution < -0.4 is 4.74 Å². The van der Waals surface area contributed by atoms with Crippen LogP contribution in [0.25, 0.3) is 11.1 Å². The van der Waals surface area contributed by atoms with Gasteiger partial charge in [0.2, 0.25) is 0 Å². The van der Waals surface area contributed by atoms with Crippen molar-refractivity contribution in [2.45, 2.75) is 19.4 Å². The smallest absolute Gasteiger partial charge is 0.145 e. The van der Waals surface area contributed by atoms with Crippen LogP contribution in [-0.2, 0) is 0 Å². The van der Waals surface area contributed by atoms with Gasteiger partial charge in [0.25, 0.3) is 0 Å². The second-order valence-corrected chi connectivity index (χ2v) is 5.84. The third-order valence-electron chi connectivity index (χ3n) is 3.99. The minimum absolute atomic E-state index is 0.423. The van der Waals surface area contributed by atoms with Gasteiger partial charge < -0.3 is 4.74 Å². The maximum absolute atomic E-state index is 6.04. The van der Waals surface area contributed by atoms with Crippen LogP contribution in [0.5, 0.6) is 5.75 Å². The fourth-order valence-corrected chi connectivity index (χ4v) is 2.75. The Labute approximate surface area is 142 Å². The molecule has 1 saturated heterocycles. The zero-order valence-corrected chi connectivity index (χ0v) is 13.8. The number of halogens is 1. The van der Waals surface area contributed by atoms with Crippen molar-refractivity contribution in [2.75, 3.05) is 19.7 Å². The number of ether oxygens (including phenoxy) is 1. The van der Waals surface area contributed by atoms with E-state index in [0.717, 1.165) is 36.4 Å². The molecule has 0 spiro atoms. The zero-order chi connectivity index (χ0) is 16.1. The standard InChI is InChI=1S/C19H18ClN2O/c1-2-3-10-22-11-8-17(22)14-23-19-13-21-9-7-18(19)15-5-4-6-16(20)12-15/h4-7,9,13,17H,8,10-11,14H2,1H3/t17-/m1/s1. The van der Waals surface area contributed by atoms with Gasteiger partial charge in [0.15, 0.2) is 0 Å². The van der Waals surface area contributed by atoms with Crippen molar-refractivity contribution >= 4 is 11.6 Å². The van der Waals surface area contributed by atoms with Gasteiger partial charge in [-0.1, -0.05) is 29.7 Å². The van der Waals surface area contributed by atoms with Crippen LogP contribution in [0.15, 0.2) is 36.7 Å². The molecule has 1 aromatic heterocycles. The van der Waals surface area contributed by atoms with Crippen LogP contribution in [0.3, 0.4) is 0 Å². The summed E-state index contributed by atoms with van der Waals surface area (Å²) >= 11 is 6.04. The SMILES string of the molecule is CC#CCN1CC[C@@H]1COc1cnccc1-c1[c]c(Cl)ccc1. The first-order valence-corrected chi connectivity index (χ1v) is 8.04. The molecule has 1 radical (unpaired) electrons. The molecule has 3 nitrogen and oxygen atoms in total. The molecule has 0 saturated carbocycles. The molecule has 0 unspecified atom stereocenters. The molecule has 2 heterocycles. The number of aromatic nitrogens is 1. The summed E-state index contributed by atoms with van der Waals surface area (Å²) in [5.74, 6) is 6.81. The van der Waals surface area contributed by atoms with Crippen molar-refractivity contribution < 1.29 is 4.74 Å². The van der Waals surface area contributed by atoms with E-state index in [1.165, 1.54) is 0 Å². The highest BCUT2D eigenvalue weighted by Crippen LogP contribution is 2.30. The Morgan fingerprint density at radius 2 is 2.35 bits per heavy atom. The first kappa shape index (κ1) is 15.9. The lowest BCUT2D eigenvalue weighted by molar-refractivity contribution is 0.0642. The fourth-order valence-electron chi connectivity index (χ4n) is 2.57. The predicted molar refractivity (Wildman–Crippen MR) is 92.4 cm³/mol. The predicted octanol–water partition coefficient (Wildman–Crippen LogP) is 3.68. The Bertz CT molecular complexity index is 735. The molecular weight excluding hydrogens is 308 g/mol. The molecule has 1 atom stereocenters. The van der Waals surface area contributed by atoms with Crippen LogP contribution in [-0.4, -0.2) is 35.6 Å². The largest absolute Gasteiger partial charge is 0.490 e. The highest BCUT2D eigenvalue weighted by atomic mass is 35.5. The average molecular weight is 326 g/mol. The molecule has 0 aliphatic carbocycles. The number of likely N-dealkylation sites (tertiary alicyclic amines) is 1. The van der Waals surface area contributed by atoms with Gasteiger partial charge in [-0.25, -0.2) is 0 Å². The minimum atomic E-state index is 0.423. The minimum Gasteiger partial charge on any atom is -0.490 e. The summed E-state index contributed by atoms with van der Waals surface area (Å²) in [6, 6.07) is 11.2. The molecule has 2 aromatic rings. The summed E-state index contributed by atoms with van der Waals surface area (Å²) < 4.78 is 6.03. The molecular formula is C19H18ClN2O. The van der Waals surface area contributed by atoms with E-state index in [1.54, 1.807) is 12.4 Å². The Balaban J connectivity index is 1.70. The molecule has 23 heavy (non-hydrogen) atoms. The van der Waals surface area contributed by atoms with E-state index in [9.17, 15) is 0 Å². The number of rotatable bonds is 5. The summed E-state index contributed by atoms with van der Waals surface area (Å²) in [5.41, 5.74) is 1.87. The number of benzene rings is 1. The van der Waals surface area contributed by atoms with Gasteiger partial charge in [-0.3, -0.25) is 9.88 Å². The molecule has 0 bridgehead atoms. The third kappa shape index (κ3) is 3.85. The Morgan fingerprint density at radius 1 is 1.43 bits per heavy atom. The van der Waals surface area contributed by atoms with E-state index in [2.05, 4.69) is 27.8 Å². The third-order valence-corrected chi connectivity index (χ3v) is 4.21. The van der Waals surface area contributed by atoms with Crippen molar-refractivity contribution in [1.29, 1.82) is 0 Å². The number of hydrogen-bond donors (Lipinski definition) is 0. The average Bonchev–Trinajstić information content (AvgIpc) is 2.55. The summed E-state index contributed by atoms with van der Waals surface area (Å²) in [7, 11) is 0. The summed E-state index contributed by atoms with van der Waals surface area (Å²) in [5, 5.41) is 0.591. The van der Waals surface area contributed by atoms with Crippen LogP contribution in [0.4, 0.5) is 0 Å². The van der Waals surface area contributed by atoms with E-state index >= 15 is 0 Å². The fraction of sp³-hybridized carbons (Fsp3) is 0.316. The molecule has 1 aliphatic heterocycles. The molecule has 0 N–H and O–H groups in total. The monoisotopic (exact) mass is 325 g/mol. The highest BCUT2D eigenvalue weighted by molar-refractivity contribution is 6.30. The van der Waals surface area contributed by atoms with E-state index in [-0.39, 0.29) is 0 Å². The molecule has 1 aliphatic rings. The van der Waals surface area contributed by atoms with Gasteiger partial charge >= 0.3 is 0 Å². The van der Waals surface area contributed by atoms with Gasteiger partial charge in [0, 0.05) is 35.4 Å². The summed E-state index contributed by atoms with van der Waals surface area (Å²) in [6.45, 7) is 4.41. The molecule has 0 amide bonds. The lowest BCUT2D eigenvalue weighted by Crippen LogP contribution is -2.50. The molecule has 1 aromatic carbocycles. The zero-order valence-electron chi connectivity index (χ0n) is 13.1. The van der Waals surface area contributed by atoms with Crippen molar-refractivity contribution in [2.24, 2.45) is 0 Å². The van der Waals surface area contributed by atoms with E-state index in [4.69, 9.17) is 16.3 Å². The summed E-state index contributed by atoms with van der Waals surface area (Å²) in [4.78, 5) is 6.51. The van der Waals surface area contributed by atoms with E-state index < -0.39 is 0 Å². The van der Waals surface area contributed by atoms with Gasteiger partial charge in [-0.2, -0.15) is 0 Å². The van der Waals surface area contributed by atoms with Gasteiger partial charge in [-0.05, 0) is 31.0 Å². The topological polar surface area (TPSA) is 25.4 Å². The Kier molecular flexibility index (Phi) is 5.17. The summed E-state index contributed by atoms with van der Waals surface area (Å²) in [6.07, 6.45) is 4.65. The van der Waals surface area contributed by atoms with Crippen LogP contribution in [0.2, 0.25) is 5.02 Å². The van der Waals surface area contributed by atoms with Crippen molar-refractivity contribution in [1.82, 2.24) is 9.88 Å². The lowest BCUT2D eigenvalue weighted by Gasteiger charge is -2.39. The van der Waals surface area contributed by atoms with E-state index in [0.29, 0.717) is 17.7 Å².